The van der Waals surface area contributed by atoms with Gasteiger partial charge in [0.2, 0.25) is 0 Å². The summed E-state index contributed by atoms with van der Waals surface area (Å²) in [7, 11) is 0. The van der Waals surface area contributed by atoms with E-state index >= 15 is 0 Å². The van der Waals surface area contributed by atoms with E-state index in [1.807, 2.05) is 18.2 Å². The fourth-order valence-corrected chi connectivity index (χ4v) is 3.20. The van der Waals surface area contributed by atoms with Crippen molar-refractivity contribution in [2.45, 2.75) is 6.04 Å². The Bertz CT molecular complexity index is 830. The van der Waals surface area contributed by atoms with Crippen LogP contribution in [0.25, 0.3) is 0 Å². The molecule has 0 saturated heterocycles. The predicted molar refractivity (Wildman–Crippen MR) is 99.2 cm³/mol. The highest BCUT2D eigenvalue weighted by Crippen LogP contribution is 2.27. The van der Waals surface area contributed by atoms with Gasteiger partial charge in [-0.25, -0.2) is 4.99 Å². The molecule has 1 heterocycles. The maximum atomic E-state index is 4.90. The summed E-state index contributed by atoms with van der Waals surface area (Å²) in [6.07, 6.45) is 8.50. The van der Waals surface area contributed by atoms with Crippen molar-refractivity contribution in [3.63, 3.8) is 0 Å². The van der Waals surface area contributed by atoms with Crippen LogP contribution in [0.2, 0.25) is 0 Å². The highest BCUT2D eigenvalue weighted by molar-refractivity contribution is 9.10. The van der Waals surface area contributed by atoms with Crippen molar-refractivity contribution in [1.82, 2.24) is 0 Å². The smallest absolute Gasteiger partial charge is 0.155 e. The Morgan fingerprint density at radius 2 is 1.52 bits per heavy atom. The molecule has 0 spiro atoms. The molecule has 0 N–H and O–H groups in total. The molecule has 112 valence electrons. The molecule has 2 aliphatic rings. The van der Waals surface area contributed by atoms with E-state index in [9.17, 15) is 0 Å². The van der Waals surface area contributed by atoms with Crippen LogP contribution in [0.15, 0.2) is 93.4 Å². The van der Waals surface area contributed by atoms with E-state index in [0.29, 0.717) is 0 Å². The SMILES string of the molecule is Brc1ccc(C2=NC3C=CC=CC3C(c3ccccc3)=N2)cc1. The second-order valence-corrected chi connectivity index (χ2v) is 6.52. The zero-order valence-corrected chi connectivity index (χ0v) is 14.0. The average molecular weight is 363 g/mol. The standard InChI is InChI=1S/C20H15BrN2/c21-16-12-10-15(11-13-16)20-22-18-9-5-4-8-17(18)19(23-20)14-6-2-1-3-7-14/h1-13,17-18H. The van der Waals surface area contributed by atoms with Crippen molar-refractivity contribution >= 4 is 27.5 Å². The molecule has 23 heavy (non-hydrogen) atoms. The molecule has 2 aromatic carbocycles. The topological polar surface area (TPSA) is 24.7 Å². The van der Waals surface area contributed by atoms with Crippen LogP contribution in [0.5, 0.6) is 0 Å². The minimum absolute atomic E-state index is 0.117. The summed E-state index contributed by atoms with van der Waals surface area (Å²) in [5.74, 6) is 1.01. The molecule has 0 saturated carbocycles. The summed E-state index contributed by atoms with van der Waals surface area (Å²) in [4.78, 5) is 9.76. The maximum absolute atomic E-state index is 4.90. The van der Waals surface area contributed by atoms with Crippen molar-refractivity contribution in [3.05, 3.63) is 94.5 Å². The molecular formula is C20H15BrN2. The Hall–Kier alpha value is -2.26. The van der Waals surface area contributed by atoms with Crippen LogP contribution >= 0.6 is 15.9 Å². The third-order valence-corrected chi connectivity index (χ3v) is 4.62. The van der Waals surface area contributed by atoms with Gasteiger partial charge in [0.25, 0.3) is 0 Å². The van der Waals surface area contributed by atoms with Crippen LogP contribution in [0.3, 0.4) is 0 Å². The molecule has 0 amide bonds. The zero-order chi connectivity index (χ0) is 15.6. The Morgan fingerprint density at radius 1 is 0.783 bits per heavy atom. The predicted octanol–water partition coefficient (Wildman–Crippen LogP) is 4.81. The van der Waals surface area contributed by atoms with Crippen molar-refractivity contribution in [2.24, 2.45) is 15.9 Å². The Balaban J connectivity index is 1.82. The van der Waals surface area contributed by atoms with Gasteiger partial charge in [0.1, 0.15) is 0 Å². The Kier molecular flexibility index (Phi) is 3.80. The lowest BCUT2D eigenvalue weighted by molar-refractivity contribution is 0.709. The van der Waals surface area contributed by atoms with E-state index in [0.717, 1.165) is 27.1 Å². The molecule has 2 aromatic rings. The summed E-state index contributed by atoms with van der Waals surface area (Å²) in [5, 5.41) is 0. The molecule has 4 rings (SSSR count). The summed E-state index contributed by atoms with van der Waals surface area (Å²) in [6.45, 7) is 0. The minimum Gasteiger partial charge on any atom is -0.258 e. The highest BCUT2D eigenvalue weighted by atomic mass is 79.9. The number of allylic oxidation sites excluding steroid dienone is 2. The van der Waals surface area contributed by atoms with Crippen LogP contribution in [-0.4, -0.2) is 17.6 Å². The van der Waals surface area contributed by atoms with Crippen molar-refractivity contribution in [1.29, 1.82) is 0 Å². The first kappa shape index (κ1) is 14.3. The van der Waals surface area contributed by atoms with Crippen LogP contribution < -0.4 is 0 Å². The molecule has 0 radical (unpaired) electrons. The first-order valence-electron chi connectivity index (χ1n) is 7.64. The second kappa shape index (κ2) is 6.09. The molecule has 0 fully saturated rings. The lowest BCUT2D eigenvalue weighted by Crippen LogP contribution is -2.31. The van der Waals surface area contributed by atoms with Gasteiger partial charge < -0.3 is 0 Å². The molecule has 0 aromatic heterocycles. The molecule has 1 aliphatic carbocycles. The summed E-state index contributed by atoms with van der Waals surface area (Å²) < 4.78 is 1.06. The lowest BCUT2D eigenvalue weighted by atomic mass is 9.86. The van der Waals surface area contributed by atoms with Gasteiger partial charge in [-0.3, -0.25) is 4.99 Å². The van der Waals surface area contributed by atoms with Gasteiger partial charge in [-0.15, -0.1) is 0 Å². The van der Waals surface area contributed by atoms with Gasteiger partial charge in [0.05, 0.1) is 11.8 Å². The fourth-order valence-electron chi connectivity index (χ4n) is 2.93. The molecule has 1 aliphatic heterocycles. The summed E-state index contributed by atoms with van der Waals surface area (Å²) in [5.41, 5.74) is 3.29. The van der Waals surface area contributed by atoms with Crippen molar-refractivity contribution < 1.29 is 0 Å². The molecule has 3 heteroatoms. The number of aliphatic imine (C=N–C) groups is 2. The average Bonchev–Trinajstić information content (AvgIpc) is 2.62. The number of nitrogens with zero attached hydrogens (tertiary/aromatic N) is 2. The third-order valence-electron chi connectivity index (χ3n) is 4.09. The normalized spacial score (nSPS) is 22.3. The first-order chi connectivity index (χ1) is 11.3. The van der Waals surface area contributed by atoms with Gasteiger partial charge in [0, 0.05) is 16.0 Å². The quantitative estimate of drug-likeness (QED) is 0.732. The zero-order valence-electron chi connectivity index (χ0n) is 12.4. The minimum atomic E-state index is 0.117. The molecule has 2 unspecified atom stereocenters. The largest absolute Gasteiger partial charge is 0.258 e. The summed E-state index contributed by atoms with van der Waals surface area (Å²) >= 11 is 3.48. The van der Waals surface area contributed by atoms with Gasteiger partial charge in [0.15, 0.2) is 5.84 Å². The molecule has 0 bridgehead atoms. The van der Waals surface area contributed by atoms with Gasteiger partial charge in [-0.05, 0) is 17.7 Å². The molecule has 2 nitrogen and oxygen atoms in total. The lowest BCUT2D eigenvalue weighted by Gasteiger charge is -2.27. The Morgan fingerprint density at radius 3 is 2.30 bits per heavy atom. The maximum Gasteiger partial charge on any atom is 0.155 e. The van der Waals surface area contributed by atoms with E-state index in [1.165, 1.54) is 0 Å². The van der Waals surface area contributed by atoms with E-state index in [-0.39, 0.29) is 12.0 Å². The van der Waals surface area contributed by atoms with Crippen molar-refractivity contribution in [3.8, 4) is 0 Å². The Labute approximate surface area is 144 Å². The highest BCUT2D eigenvalue weighted by Gasteiger charge is 2.29. The second-order valence-electron chi connectivity index (χ2n) is 5.61. The number of hydrogen-bond acceptors (Lipinski definition) is 2. The number of amidine groups is 1. The number of benzene rings is 2. The van der Waals surface area contributed by atoms with E-state index in [1.54, 1.807) is 0 Å². The molecule has 2 atom stereocenters. The number of halogens is 1. The third kappa shape index (κ3) is 2.84. The van der Waals surface area contributed by atoms with Gasteiger partial charge in [-0.2, -0.15) is 0 Å². The van der Waals surface area contributed by atoms with Gasteiger partial charge >= 0.3 is 0 Å². The number of hydrogen-bond donors (Lipinski definition) is 0. The summed E-state index contributed by atoms with van der Waals surface area (Å²) in [6, 6.07) is 18.7. The van der Waals surface area contributed by atoms with Gasteiger partial charge in [-0.1, -0.05) is 82.7 Å². The van der Waals surface area contributed by atoms with Crippen LogP contribution in [-0.2, 0) is 0 Å². The number of rotatable bonds is 2. The fraction of sp³-hybridized carbons (Fsp3) is 0.100. The molecular weight excluding hydrogens is 348 g/mol. The van der Waals surface area contributed by atoms with Crippen LogP contribution in [0.1, 0.15) is 11.1 Å². The van der Waals surface area contributed by atoms with Crippen molar-refractivity contribution in [2.75, 3.05) is 0 Å². The first-order valence-corrected chi connectivity index (χ1v) is 8.43. The van der Waals surface area contributed by atoms with Crippen LogP contribution in [0.4, 0.5) is 0 Å². The van der Waals surface area contributed by atoms with E-state index < -0.39 is 0 Å². The van der Waals surface area contributed by atoms with Crippen LogP contribution in [0, 0.1) is 5.92 Å². The number of fused-ring (bicyclic) bond motifs is 1. The van der Waals surface area contributed by atoms with E-state index in [2.05, 4.69) is 76.6 Å². The van der Waals surface area contributed by atoms with E-state index in [4.69, 9.17) is 9.98 Å². The monoisotopic (exact) mass is 362 g/mol.